The summed E-state index contributed by atoms with van der Waals surface area (Å²) >= 11 is 3.03. The van der Waals surface area contributed by atoms with Crippen molar-refractivity contribution in [1.82, 2.24) is 15.4 Å². The standard InChI is InChI=1S/C10H10N4OS2/c11-14-10(15)8-2-1-7(17-8)5-16-9-3-4-12-6-13-9/h1-4,6H,5,11H2,(H,14,15). The molecule has 0 atom stereocenters. The van der Waals surface area contributed by atoms with E-state index in [4.69, 9.17) is 5.84 Å². The number of thioether (sulfide) groups is 1. The Kier molecular flexibility index (Phi) is 4.08. The molecule has 0 unspecified atom stereocenters. The topological polar surface area (TPSA) is 80.9 Å². The number of hydrazine groups is 1. The molecule has 2 aromatic heterocycles. The largest absolute Gasteiger partial charge is 0.289 e. The van der Waals surface area contributed by atoms with Gasteiger partial charge in [0.05, 0.1) is 9.90 Å². The molecule has 0 aromatic carbocycles. The molecule has 3 N–H and O–H groups in total. The van der Waals surface area contributed by atoms with E-state index < -0.39 is 0 Å². The molecule has 1 amide bonds. The molecule has 88 valence electrons. The maximum atomic E-state index is 11.2. The van der Waals surface area contributed by atoms with E-state index >= 15 is 0 Å². The molecule has 0 saturated heterocycles. The van der Waals surface area contributed by atoms with E-state index in [1.807, 2.05) is 12.1 Å². The van der Waals surface area contributed by atoms with Gasteiger partial charge in [-0.25, -0.2) is 15.8 Å². The summed E-state index contributed by atoms with van der Waals surface area (Å²) in [6, 6.07) is 5.54. The van der Waals surface area contributed by atoms with Crippen molar-refractivity contribution in [2.75, 3.05) is 0 Å². The molecular weight excluding hydrogens is 256 g/mol. The summed E-state index contributed by atoms with van der Waals surface area (Å²) in [5, 5.41) is 0.915. The van der Waals surface area contributed by atoms with Gasteiger partial charge < -0.3 is 0 Å². The Hall–Kier alpha value is -1.44. The van der Waals surface area contributed by atoms with Crippen LogP contribution in [0, 0.1) is 0 Å². The van der Waals surface area contributed by atoms with E-state index in [9.17, 15) is 4.79 Å². The average Bonchev–Trinajstić information content (AvgIpc) is 2.85. The van der Waals surface area contributed by atoms with Gasteiger partial charge in [-0.15, -0.1) is 23.1 Å². The maximum Gasteiger partial charge on any atom is 0.275 e. The lowest BCUT2D eigenvalue weighted by Gasteiger charge is -1.97. The summed E-state index contributed by atoms with van der Waals surface area (Å²) in [6.45, 7) is 0. The summed E-state index contributed by atoms with van der Waals surface area (Å²) < 4.78 is 0. The van der Waals surface area contributed by atoms with Crippen LogP contribution < -0.4 is 11.3 Å². The Morgan fingerprint density at radius 3 is 3.06 bits per heavy atom. The van der Waals surface area contributed by atoms with Crippen LogP contribution in [0.4, 0.5) is 0 Å². The quantitative estimate of drug-likeness (QED) is 0.288. The van der Waals surface area contributed by atoms with Crippen molar-refractivity contribution in [2.24, 2.45) is 5.84 Å². The molecule has 0 fully saturated rings. The lowest BCUT2D eigenvalue weighted by atomic mass is 10.4. The molecule has 0 aliphatic heterocycles. The highest BCUT2D eigenvalue weighted by Crippen LogP contribution is 2.25. The van der Waals surface area contributed by atoms with Gasteiger partial charge in [0.1, 0.15) is 6.33 Å². The summed E-state index contributed by atoms with van der Waals surface area (Å²) in [4.78, 5) is 20.9. The predicted molar refractivity (Wildman–Crippen MR) is 67.6 cm³/mol. The van der Waals surface area contributed by atoms with Crippen molar-refractivity contribution in [2.45, 2.75) is 10.8 Å². The van der Waals surface area contributed by atoms with Crippen LogP contribution in [0.3, 0.4) is 0 Å². The van der Waals surface area contributed by atoms with Crippen LogP contribution in [0.15, 0.2) is 35.7 Å². The van der Waals surface area contributed by atoms with E-state index in [0.717, 1.165) is 15.7 Å². The SMILES string of the molecule is NNC(=O)c1ccc(CSc2ccncn2)s1. The Balaban J connectivity index is 1.96. The van der Waals surface area contributed by atoms with Crippen LogP contribution in [0.5, 0.6) is 0 Å². The molecular formula is C10H10N4OS2. The van der Waals surface area contributed by atoms with Crippen molar-refractivity contribution in [3.05, 3.63) is 40.5 Å². The minimum absolute atomic E-state index is 0.256. The third-order valence-corrected chi connectivity index (χ3v) is 4.19. The molecule has 0 saturated carbocycles. The first-order chi connectivity index (χ1) is 8.29. The van der Waals surface area contributed by atoms with Crippen LogP contribution in [0.1, 0.15) is 14.5 Å². The predicted octanol–water partition coefficient (Wildman–Crippen LogP) is 1.43. The highest BCUT2D eigenvalue weighted by molar-refractivity contribution is 7.98. The van der Waals surface area contributed by atoms with Gasteiger partial charge in [0.25, 0.3) is 5.91 Å². The molecule has 17 heavy (non-hydrogen) atoms. The molecule has 0 radical (unpaired) electrons. The number of nitrogen functional groups attached to an aromatic ring is 1. The molecule has 0 aliphatic rings. The number of carbonyl (C=O) groups is 1. The van der Waals surface area contributed by atoms with Crippen molar-refractivity contribution in [3.63, 3.8) is 0 Å². The van der Waals surface area contributed by atoms with Crippen molar-refractivity contribution in [3.8, 4) is 0 Å². The van der Waals surface area contributed by atoms with Crippen LogP contribution in [0.25, 0.3) is 0 Å². The molecule has 7 heteroatoms. The van der Waals surface area contributed by atoms with Crippen molar-refractivity contribution >= 4 is 29.0 Å². The highest BCUT2D eigenvalue weighted by atomic mass is 32.2. The molecule has 2 aromatic rings. The normalized spacial score (nSPS) is 10.2. The van der Waals surface area contributed by atoms with Gasteiger partial charge in [-0.3, -0.25) is 10.2 Å². The first-order valence-corrected chi connectivity index (χ1v) is 6.58. The van der Waals surface area contributed by atoms with Crippen LogP contribution in [-0.2, 0) is 5.75 Å². The van der Waals surface area contributed by atoms with Gasteiger partial charge in [-0.1, -0.05) is 0 Å². The minimum Gasteiger partial charge on any atom is -0.289 e. The molecule has 5 nitrogen and oxygen atoms in total. The Labute approximate surface area is 106 Å². The summed E-state index contributed by atoms with van der Waals surface area (Å²) in [5.74, 6) is 5.58. The van der Waals surface area contributed by atoms with E-state index in [-0.39, 0.29) is 5.91 Å². The van der Waals surface area contributed by atoms with E-state index in [2.05, 4.69) is 15.4 Å². The van der Waals surface area contributed by atoms with Gasteiger partial charge in [-0.2, -0.15) is 0 Å². The summed E-state index contributed by atoms with van der Waals surface area (Å²) in [5.41, 5.74) is 2.11. The lowest BCUT2D eigenvalue weighted by molar-refractivity contribution is 0.0957. The number of hydrogen-bond donors (Lipinski definition) is 2. The second-order valence-corrected chi connectivity index (χ2v) is 5.24. The summed E-state index contributed by atoms with van der Waals surface area (Å²) in [6.07, 6.45) is 3.22. The van der Waals surface area contributed by atoms with Crippen LogP contribution in [-0.4, -0.2) is 15.9 Å². The number of nitrogens with zero attached hydrogens (tertiary/aromatic N) is 2. The minimum atomic E-state index is -0.256. The Morgan fingerprint density at radius 1 is 1.47 bits per heavy atom. The monoisotopic (exact) mass is 266 g/mol. The first-order valence-electron chi connectivity index (χ1n) is 4.78. The second kappa shape index (κ2) is 5.76. The zero-order valence-electron chi connectivity index (χ0n) is 8.79. The molecule has 0 aliphatic carbocycles. The number of carbonyl (C=O) groups excluding carboxylic acids is 1. The lowest BCUT2D eigenvalue weighted by Crippen LogP contribution is -2.29. The number of thiophene rings is 1. The number of nitrogens with one attached hydrogen (secondary N) is 1. The number of rotatable bonds is 4. The number of amides is 1. The Morgan fingerprint density at radius 2 is 2.35 bits per heavy atom. The third kappa shape index (κ3) is 3.26. The molecule has 0 spiro atoms. The smallest absolute Gasteiger partial charge is 0.275 e. The third-order valence-electron chi connectivity index (χ3n) is 1.93. The van der Waals surface area contributed by atoms with Gasteiger partial charge in [0.2, 0.25) is 0 Å². The molecule has 0 bridgehead atoms. The fraction of sp³-hybridized carbons (Fsp3) is 0.100. The van der Waals surface area contributed by atoms with Gasteiger partial charge in [0.15, 0.2) is 0 Å². The first kappa shape index (κ1) is 12.0. The average molecular weight is 266 g/mol. The fourth-order valence-electron chi connectivity index (χ4n) is 1.16. The van der Waals surface area contributed by atoms with Crippen molar-refractivity contribution < 1.29 is 4.79 Å². The zero-order valence-corrected chi connectivity index (χ0v) is 10.4. The van der Waals surface area contributed by atoms with Crippen molar-refractivity contribution in [1.29, 1.82) is 0 Å². The Bertz CT molecular complexity index is 500. The highest BCUT2D eigenvalue weighted by Gasteiger charge is 2.07. The van der Waals surface area contributed by atoms with Gasteiger partial charge >= 0.3 is 0 Å². The number of nitrogens with two attached hydrogens (primary N) is 1. The summed E-state index contributed by atoms with van der Waals surface area (Å²) in [7, 11) is 0. The van der Waals surface area contributed by atoms with Crippen LogP contribution >= 0.6 is 23.1 Å². The zero-order chi connectivity index (χ0) is 12.1. The van der Waals surface area contributed by atoms with Crippen LogP contribution in [0.2, 0.25) is 0 Å². The van der Waals surface area contributed by atoms with E-state index in [0.29, 0.717) is 4.88 Å². The molecule has 2 rings (SSSR count). The maximum absolute atomic E-state index is 11.2. The van der Waals surface area contributed by atoms with Gasteiger partial charge in [0, 0.05) is 16.8 Å². The fourth-order valence-corrected chi connectivity index (χ4v) is 2.94. The molecule has 2 heterocycles. The van der Waals surface area contributed by atoms with E-state index in [1.165, 1.54) is 17.7 Å². The second-order valence-electron chi connectivity index (χ2n) is 3.08. The number of aromatic nitrogens is 2. The number of hydrogen-bond acceptors (Lipinski definition) is 6. The van der Waals surface area contributed by atoms with Gasteiger partial charge in [-0.05, 0) is 18.2 Å². The van der Waals surface area contributed by atoms with E-state index in [1.54, 1.807) is 24.0 Å².